The zero-order chi connectivity index (χ0) is 13.1. The molecule has 0 aliphatic heterocycles. The van der Waals surface area contributed by atoms with Crippen molar-refractivity contribution in [3.8, 4) is 0 Å². The number of hydrogen-bond acceptors (Lipinski definition) is 1. The van der Waals surface area contributed by atoms with E-state index in [0.29, 0.717) is 5.92 Å². The molecule has 0 fully saturated rings. The van der Waals surface area contributed by atoms with Crippen LogP contribution in [-0.2, 0) is 0 Å². The molecule has 96 valence electrons. The predicted octanol–water partition coefficient (Wildman–Crippen LogP) is 5.43. The van der Waals surface area contributed by atoms with E-state index in [2.05, 4.69) is 38.1 Å². The van der Waals surface area contributed by atoms with E-state index in [4.69, 9.17) is 16.0 Å². The van der Waals surface area contributed by atoms with E-state index >= 15 is 0 Å². The highest BCUT2D eigenvalue weighted by Gasteiger charge is 2.14. The standard InChI is InChI=1S/C16H19ClO/c1-4-11(2)13-6-8-14(9-7-13)16(17)15-10-5-12(3)18-15/h5-11,16H,4H2,1-3H3. The number of hydrogen-bond donors (Lipinski definition) is 0. The van der Waals surface area contributed by atoms with Gasteiger partial charge in [-0.3, -0.25) is 0 Å². The molecule has 0 saturated carbocycles. The molecule has 1 heterocycles. The normalized spacial score (nSPS) is 14.4. The highest BCUT2D eigenvalue weighted by Crippen LogP contribution is 2.31. The average molecular weight is 263 g/mol. The van der Waals surface area contributed by atoms with Crippen LogP contribution in [0.1, 0.15) is 54.2 Å². The minimum atomic E-state index is -0.204. The van der Waals surface area contributed by atoms with Crippen molar-refractivity contribution in [2.75, 3.05) is 0 Å². The first-order valence-electron chi connectivity index (χ1n) is 6.42. The van der Waals surface area contributed by atoms with Crippen LogP contribution in [0.2, 0.25) is 0 Å². The van der Waals surface area contributed by atoms with Crippen LogP contribution in [0.4, 0.5) is 0 Å². The monoisotopic (exact) mass is 262 g/mol. The van der Waals surface area contributed by atoms with Crippen LogP contribution in [0.5, 0.6) is 0 Å². The fourth-order valence-corrected chi connectivity index (χ4v) is 2.25. The van der Waals surface area contributed by atoms with Gasteiger partial charge in [0.15, 0.2) is 0 Å². The number of rotatable bonds is 4. The molecule has 0 aliphatic carbocycles. The van der Waals surface area contributed by atoms with Crippen LogP contribution in [0.3, 0.4) is 0 Å². The molecule has 0 radical (unpaired) electrons. The van der Waals surface area contributed by atoms with Crippen molar-refractivity contribution >= 4 is 11.6 Å². The van der Waals surface area contributed by atoms with Gasteiger partial charge in [-0.05, 0) is 42.5 Å². The molecule has 2 atom stereocenters. The maximum absolute atomic E-state index is 6.42. The van der Waals surface area contributed by atoms with Crippen LogP contribution in [-0.4, -0.2) is 0 Å². The Kier molecular flexibility index (Phi) is 4.13. The SMILES string of the molecule is CCC(C)c1ccc(C(Cl)c2ccc(C)o2)cc1. The molecule has 0 spiro atoms. The van der Waals surface area contributed by atoms with Gasteiger partial charge < -0.3 is 4.42 Å². The van der Waals surface area contributed by atoms with Gasteiger partial charge in [-0.25, -0.2) is 0 Å². The van der Waals surface area contributed by atoms with Crippen LogP contribution >= 0.6 is 11.6 Å². The van der Waals surface area contributed by atoms with E-state index in [1.165, 1.54) is 5.56 Å². The molecule has 1 aromatic carbocycles. The number of halogens is 1. The van der Waals surface area contributed by atoms with Gasteiger partial charge >= 0.3 is 0 Å². The molecule has 0 saturated heterocycles. The highest BCUT2D eigenvalue weighted by molar-refractivity contribution is 6.22. The summed E-state index contributed by atoms with van der Waals surface area (Å²) in [5.41, 5.74) is 2.44. The third-order valence-electron chi connectivity index (χ3n) is 3.42. The maximum Gasteiger partial charge on any atom is 0.126 e. The average Bonchev–Trinajstić information content (AvgIpc) is 2.84. The van der Waals surface area contributed by atoms with Gasteiger partial charge in [0.2, 0.25) is 0 Å². The summed E-state index contributed by atoms with van der Waals surface area (Å²) in [4.78, 5) is 0. The van der Waals surface area contributed by atoms with Gasteiger partial charge in [0.1, 0.15) is 16.9 Å². The lowest BCUT2D eigenvalue weighted by Gasteiger charge is -2.11. The Labute approximate surface area is 114 Å². The Bertz CT molecular complexity index is 498. The Morgan fingerprint density at radius 3 is 2.17 bits per heavy atom. The van der Waals surface area contributed by atoms with E-state index in [1.54, 1.807) is 0 Å². The van der Waals surface area contributed by atoms with Crippen LogP contribution in [0.25, 0.3) is 0 Å². The Morgan fingerprint density at radius 1 is 1.06 bits per heavy atom. The second kappa shape index (κ2) is 5.62. The van der Waals surface area contributed by atoms with Gasteiger partial charge in [-0.2, -0.15) is 0 Å². The lowest BCUT2D eigenvalue weighted by molar-refractivity contribution is 0.489. The zero-order valence-electron chi connectivity index (χ0n) is 11.1. The van der Waals surface area contributed by atoms with Crippen molar-refractivity contribution in [3.63, 3.8) is 0 Å². The van der Waals surface area contributed by atoms with Crippen LogP contribution < -0.4 is 0 Å². The quantitative estimate of drug-likeness (QED) is 0.670. The number of alkyl halides is 1. The first-order valence-corrected chi connectivity index (χ1v) is 6.85. The third kappa shape index (κ3) is 2.78. The van der Waals surface area contributed by atoms with Crippen molar-refractivity contribution in [1.82, 2.24) is 0 Å². The lowest BCUT2D eigenvalue weighted by atomic mass is 9.97. The van der Waals surface area contributed by atoms with E-state index in [1.807, 2.05) is 19.1 Å². The van der Waals surface area contributed by atoms with Crippen molar-refractivity contribution in [1.29, 1.82) is 0 Å². The number of furan rings is 1. The summed E-state index contributed by atoms with van der Waals surface area (Å²) in [7, 11) is 0. The van der Waals surface area contributed by atoms with Crippen molar-refractivity contribution in [3.05, 3.63) is 59.0 Å². The largest absolute Gasteiger partial charge is 0.464 e. The van der Waals surface area contributed by atoms with E-state index in [-0.39, 0.29) is 5.38 Å². The highest BCUT2D eigenvalue weighted by atomic mass is 35.5. The second-order valence-electron chi connectivity index (χ2n) is 4.79. The van der Waals surface area contributed by atoms with Crippen molar-refractivity contribution in [2.24, 2.45) is 0 Å². The summed E-state index contributed by atoms with van der Waals surface area (Å²) < 4.78 is 5.57. The summed E-state index contributed by atoms with van der Waals surface area (Å²) >= 11 is 6.42. The molecule has 2 heteroatoms. The summed E-state index contributed by atoms with van der Waals surface area (Å²) in [6, 6.07) is 12.4. The number of aryl methyl sites for hydroxylation is 1. The van der Waals surface area contributed by atoms with E-state index < -0.39 is 0 Å². The second-order valence-corrected chi connectivity index (χ2v) is 5.22. The summed E-state index contributed by atoms with van der Waals surface area (Å²) in [5.74, 6) is 2.30. The van der Waals surface area contributed by atoms with Gasteiger partial charge in [-0.1, -0.05) is 38.1 Å². The fraction of sp³-hybridized carbons (Fsp3) is 0.375. The molecule has 2 unspecified atom stereocenters. The first kappa shape index (κ1) is 13.2. The summed E-state index contributed by atoms with van der Waals surface area (Å²) in [6.07, 6.45) is 1.15. The smallest absolute Gasteiger partial charge is 0.126 e. The fourth-order valence-electron chi connectivity index (χ4n) is 1.98. The van der Waals surface area contributed by atoms with Crippen molar-refractivity contribution in [2.45, 2.75) is 38.5 Å². The van der Waals surface area contributed by atoms with Gasteiger partial charge in [0, 0.05) is 0 Å². The van der Waals surface area contributed by atoms with E-state index in [0.717, 1.165) is 23.5 Å². The number of benzene rings is 1. The molecule has 1 aromatic heterocycles. The van der Waals surface area contributed by atoms with Crippen LogP contribution in [0.15, 0.2) is 40.8 Å². The Hall–Kier alpha value is -1.21. The van der Waals surface area contributed by atoms with Crippen molar-refractivity contribution < 1.29 is 4.42 Å². The molecule has 0 bridgehead atoms. The van der Waals surface area contributed by atoms with Gasteiger partial charge in [0.25, 0.3) is 0 Å². The third-order valence-corrected chi connectivity index (χ3v) is 3.89. The Morgan fingerprint density at radius 2 is 1.67 bits per heavy atom. The molecule has 1 nitrogen and oxygen atoms in total. The van der Waals surface area contributed by atoms with E-state index in [9.17, 15) is 0 Å². The predicted molar refractivity (Wildman–Crippen MR) is 76.3 cm³/mol. The molecular formula is C16H19ClO. The lowest BCUT2D eigenvalue weighted by Crippen LogP contribution is -1.94. The molecule has 2 rings (SSSR count). The molecule has 0 N–H and O–H groups in total. The Balaban J connectivity index is 2.19. The molecule has 0 aliphatic rings. The first-order chi connectivity index (χ1) is 8.61. The van der Waals surface area contributed by atoms with Gasteiger partial charge in [-0.15, -0.1) is 11.6 Å². The molecule has 18 heavy (non-hydrogen) atoms. The minimum absolute atomic E-state index is 0.204. The molecule has 2 aromatic rings. The summed E-state index contributed by atoms with van der Waals surface area (Å²) in [6.45, 7) is 6.37. The minimum Gasteiger partial charge on any atom is -0.464 e. The van der Waals surface area contributed by atoms with Gasteiger partial charge in [0.05, 0.1) is 0 Å². The molecular weight excluding hydrogens is 244 g/mol. The zero-order valence-corrected chi connectivity index (χ0v) is 11.9. The maximum atomic E-state index is 6.42. The topological polar surface area (TPSA) is 13.1 Å². The van der Waals surface area contributed by atoms with Crippen LogP contribution in [0, 0.1) is 6.92 Å². The molecule has 0 amide bonds. The summed E-state index contributed by atoms with van der Waals surface area (Å²) in [5, 5.41) is -0.204.